The summed E-state index contributed by atoms with van der Waals surface area (Å²) in [5, 5.41) is 0.234. The molecule has 1 aromatic rings. The third kappa shape index (κ3) is 3.56. The van der Waals surface area contributed by atoms with Gasteiger partial charge in [0.1, 0.15) is 0 Å². The van der Waals surface area contributed by atoms with Crippen molar-refractivity contribution >= 4 is 34.5 Å². The molecule has 17 heavy (non-hydrogen) atoms. The average Bonchev–Trinajstić information content (AvgIpc) is 2.67. The van der Waals surface area contributed by atoms with Crippen LogP contribution in [-0.4, -0.2) is 30.6 Å². The van der Waals surface area contributed by atoms with Crippen molar-refractivity contribution < 1.29 is 19.1 Å². The molecule has 1 heterocycles. The topological polar surface area (TPSA) is 91.5 Å². The number of nitrogen functional groups attached to an aromatic ring is 1. The van der Waals surface area contributed by atoms with E-state index in [4.69, 9.17) is 10.5 Å². The zero-order valence-electron chi connectivity index (χ0n) is 9.43. The summed E-state index contributed by atoms with van der Waals surface area (Å²) in [7, 11) is 1.26. The van der Waals surface area contributed by atoms with Crippen LogP contribution in [0.4, 0.5) is 5.13 Å². The number of methoxy groups -OCH3 is 1. The Morgan fingerprint density at radius 1 is 1.53 bits per heavy atom. The normalized spacial score (nSPS) is 10.5. The molecule has 6 nitrogen and oxygen atoms in total. The van der Waals surface area contributed by atoms with Crippen LogP contribution in [0.1, 0.15) is 22.3 Å². The van der Waals surface area contributed by atoms with Crippen LogP contribution in [0.15, 0.2) is 6.08 Å². The molecule has 2 N–H and O–H groups in total. The second kappa shape index (κ2) is 6.00. The van der Waals surface area contributed by atoms with Gasteiger partial charge in [0.15, 0.2) is 10.8 Å². The fourth-order valence-corrected chi connectivity index (χ4v) is 1.74. The molecule has 92 valence electrons. The van der Waals surface area contributed by atoms with Gasteiger partial charge in [-0.1, -0.05) is 11.3 Å². The summed E-state index contributed by atoms with van der Waals surface area (Å²) in [6.07, 6.45) is 2.61. The van der Waals surface area contributed by atoms with Crippen LogP contribution in [0.5, 0.6) is 0 Å². The Morgan fingerprint density at radius 3 is 2.82 bits per heavy atom. The highest BCUT2D eigenvalue weighted by atomic mass is 32.1. The highest BCUT2D eigenvalue weighted by Gasteiger charge is 2.16. The summed E-state index contributed by atoms with van der Waals surface area (Å²) in [6.45, 7) is 1.94. The lowest BCUT2D eigenvalue weighted by atomic mass is 10.3. The number of rotatable bonds is 4. The molecule has 0 atom stereocenters. The smallest absolute Gasteiger partial charge is 0.358 e. The van der Waals surface area contributed by atoms with E-state index in [1.165, 1.54) is 19.3 Å². The first-order chi connectivity index (χ1) is 8.08. The predicted molar refractivity (Wildman–Crippen MR) is 63.5 cm³/mol. The van der Waals surface area contributed by atoms with E-state index < -0.39 is 11.9 Å². The number of thiazole rings is 1. The Bertz CT molecular complexity index is 453. The van der Waals surface area contributed by atoms with Crippen LogP contribution < -0.4 is 5.73 Å². The molecule has 1 rings (SSSR count). The first-order valence-corrected chi connectivity index (χ1v) is 5.59. The van der Waals surface area contributed by atoms with Gasteiger partial charge in [-0.05, 0) is 13.0 Å². The number of hydrogen-bond donors (Lipinski definition) is 1. The first kappa shape index (κ1) is 13.2. The average molecular weight is 256 g/mol. The highest BCUT2D eigenvalue weighted by Crippen LogP contribution is 2.22. The van der Waals surface area contributed by atoms with E-state index in [2.05, 4.69) is 9.72 Å². The quantitative estimate of drug-likeness (QED) is 0.640. The van der Waals surface area contributed by atoms with E-state index in [9.17, 15) is 9.59 Å². The van der Waals surface area contributed by atoms with E-state index in [0.717, 1.165) is 11.3 Å². The molecule has 0 aromatic carbocycles. The fourth-order valence-electron chi connectivity index (χ4n) is 1.02. The van der Waals surface area contributed by atoms with Gasteiger partial charge in [-0.15, -0.1) is 0 Å². The van der Waals surface area contributed by atoms with Gasteiger partial charge in [-0.2, -0.15) is 0 Å². The van der Waals surface area contributed by atoms with Crippen LogP contribution in [0.2, 0.25) is 0 Å². The first-order valence-electron chi connectivity index (χ1n) is 4.78. The molecular weight excluding hydrogens is 244 g/mol. The third-order valence-electron chi connectivity index (χ3n) is 1.71. The van der Waals surface area contributed by atoms with Crippen molar-refractivity contribution in [2.75, 3.05) is 19.5 Å². The minimum atomic E-state index is -0.565. The van der Waals surface area contributed by atoms with Crippen LogP contribution in [0, 0.1) is 0 Å². The molecule has 1 aromatic heterocycles. The summed E-state index contributed by atoms with van der Waals surface area (Å²) in [5.41, 5.74) is 5.61. The van der Waals surface area contributed by atoms with Gasteiger partial charge in [0.2, 0.25) is 0 Å². The van der Waals surface area contributed by atoms with Crippen molar-refractivity contribution in [3.05, 3.63) is 16.6 Å². The molecule has 0 fully saturated rings. The van der Waals surface area contributed by atoms with E-state index in [-0.39, 0.29) is 17.4 Å². The Morgan fingerprint density at radius 2 is 2.24 bits per heavy atom. The van der Waals surface area contributed by atoms with Crippen molar-refractivity contribution in [2.45, 2.75) is 6.92 Å². The van der Waals surface area contributed by atoms with Crippen molar-refractivity contribution in [1.29, 1.82) is 0 Å². The number of nitrogens with zero attached hydrogens (tertiary/aromatic N) is 1. The van der Waals surface area contributed by atoms with Crippen molar-refractivity contribution in [2.24, 2.45) is 0 Å². The summed E-state index contributed by atoms with van der Waals surface area (Å²) in [5.74, 6) is -1.09. The van der Waals surface area contributed by atoms with Gasteiger partial charge in [0.05, 0.1) is 18.6 Å². The van der Waals surface area contributed by atoms with Crippen LogP contribution in [0.3, 0.4) is 0 Å². The molecule has 0 unspecified atom stereocenters. The van der Waals surface area contributed by atoms with E-state index in [0.29, 0.717) is 4.88 Å². The third-order valence-corrected chi connectivity index (χ3v) is 2.56. The monoisotopic (exact) mass is 256 g/mol. The fraction of sp³-hybridized carbons (Fsp3) is 0.300. The summed E-state index contributed by atoms with van der Waals surface area (Å²) >= 11 is 1.09. The maximum Gasteiger partial charge on any atom is 0.358 e. The second-order valence-corrected chi connectivity index (χ2v) is 3.90. The van der Waals surface area contributed by atoms with Gasteiger partial charge in [0.25, 0.3) is 0 Å². The number of hydrogen-bond acceptors (Lipinski definition) is 7. The van der Waals surface area contributed by atoms with Crippen molar-refractivity contribution in [1.82, 2.24) is 4.98 Å². The molecule has 0 spiro atoms. The number of nitrogens with two attached hydrogens (primary N) is 1. The Hall–Kier alpha value is -1.89. The largest absolute Gasteiger partial charge is 0.466 e. The van der Waals surface area contributed by atoms with Gasteiger partial charge in [-0.3, -0.25) is 0 Å². The lowest BCUT2D eigenvalue weighted by Gasteiger charge is -1.98. The molecule has 0 aliphatic carbocycles. The molecule has 7 heteroatoms. The Kier molecular flexibility index (Phi) is 4.65. The SMILES string of the molecule is CCOC(=O)c1nc(N)sc1C=CC(=O)OC. The Balaban J connectivity index is 2.95. The molecule has 0 saturated carbocycles. The van der Waals surface area contributed by atoms with Gasteiger partial charge < -0.3 is 15.2 Å². The minimum Gasteiger partial charge on any atom is -0.466 e. The van der Waals surface area contributed by atoms with E-state index >= 15 is 0 Å². The van der Waals surface area contributed by atoms with Crippen LogP contribution >= 0.6 is 11.3 Å². The molecule has 0 aliphatic rings. The molecule has 0 radical (unpaired) electrons. The van der Waals surface area contributed by atoms with Crippen molar-refractivity contribution in [3.8, 4) is 0 Å². The molecule has 0 aliphatic heterocycles. The number of ether oxygens (including phenoxy) is 2. The molecule has 0 bridgehead atoms. The number of aromatic nitrogens is 1. The summed E-state index contributed by atoms with van der Waals surface area (Å²) in [4.78, 5) is 26.8. The molecular formula is C10H12N2O4S. The maximum atomic E-state index is 11.5. The van der Waals surface area contributed by atoms with Gasteiger partial charge in [0, 0.05) is 6.08 Å². The Labute approximate surface area is 102 Å². The van der Waals surface area contributed by atoms with Gasteiger partial charge in [-0.25, -0.2) is 14.6 Å². The number of esters is 2. The standard InChI is InChI=1S/C10H12N2O4S/c1-3-16-9(14)8-6(17-10(11)12-8)4-5-7(13)15-2/h4-5H,3H2,1-2H3,(H2,11,12). The van der Waals surface area contributed by atoms with Crippen LogP contribution in [-0.2, 0) is 14.3 Å². The zero-order valence-corrected chi connectivity index (χ0v) is 10.2. The molecule has 0 saturated heterocycles. The number of carbonyl (C=O) groups excluding carboxylic acids is 2. The minimum absolute atomic E-state index is 0.106. The number of anilines is 1. The summed E-state index contributed by atoms with van der Waals surface area (Å²) in [6, 6.07) is 0. The van der Waals surface area contributed by atoms with Crippen LogP contribution in [0.25, 0.3) is 6.08 Å². The highest BCUT2D eigenvalue weighted by molar-refractivity contribution is 7.16. The van der Waals surface area contributed by atoms with Crippen molar-refractivity contribution in [3.63, 3.8) is 0 Å². The number of carbonyl (C=O) groups is 2. The van der Waals surface area contributed by atoms with E-state index in [1.54, 1.807) is 6.92 Å². The molecule has 0 amide bonds. The lowest BCUT2D eigenvalue weighted by molar-refractivity contribution is -0.134. The maximum absolute atomic E-state index is 11.5. The summed E-state index contributed by atoms with van der Waals surface area (Å²) < 4.78 is 9.25. The van der Waals surface area contributed by atoms with E-state index in [1.807, 2.05) is 0 Å². The lowest BCUT2D eigenvalue weighted by Crippen LogP contribution is -2.06. The second-order valence-electron chi connectivity index (χ2n) is 2.84. The zero-order chi connectivity index (χ0) is 12.8. The van der Waals surface area contributed by atoms with Gasteiger partial charge >= 0.3 is 11.9 Å². The predicted octanol–water partition coefficient (Wildman–Crippen LogP) is 1.09.